The zero-order valence-electron chi connectivity index (χ0n) is 8.28. The Morgan fingerprint density at radius 3 is 2.57 bits per heavy atom. The Hall–Kier alpha value is 0.280. The number of alkyl halides is 1. The first kappa shape index (κ1) is 12.4. The lowest BCUT2D eigenvalue weighted by atomic mass is 9.97. The molecular weight excluding hydrogens is 283 g/mol. The van der Waals surface area contributed by atoms with Gasteiger partial charge in [-0.1, -0.05) is 41.4 Å². The number of rotatable bonds is 3. The molecule has 0 heterocycles. The van der Waals surface area contributed by atoms with Gasteiger partial charge in [-0.3, -0.25) is 0 Å². The highest BCUT2D eigenvalue weighted by Crippen LogP contribution is 2.33. The Labute approximate surface area is 104 Å². The summed E-state index contributed by atoms with van der Waals surface area (Å²) < 4.78 is 1.05. The third kappa shape index (κ3) is 2.65. The normalized spacial score (nSPS) is 12.9. The molecular formula is C11H13BrCl2. The van der Waals surface area contributed by atoms with Gasteiger partial charge in [0.2, 0.25) is 0 Å². The minimum absolute atomic E-state index is 0.460. The fourth-order valence-electron chi connectivity index (χ4n) is 1.34. The summed E-state index contributed by atoms with van der Waals surface area (Å²) in [5.41, 5.74) is 2.18. The van der Waals surface area contributed by atoms with E-state index in [0.717, 1.165) is 21.5 Å². The molecule has 1 aromatic carbocycles. The van der Waals surface area contributed by atoms with Crippen LogP contribution in [0.2, 0.25) is 5.02 Å². The highest BCUT2D eigenvalue weighted by molar-refractivity contribution is 9.10. The van der Waals surface area contributed by atoms with E-state index in [-0.39, 0.29) is 0 Å². The van der Waals surface area contributed by atoms with Crippen LogP contribution in [0.15, 0.2) is 16.6 Å². The molecule has 0 fully saturated rings. The molecule has 1 rings (SSSR count). The second-order valence-corrected chi connectivity index (χ2v) is 4.97. The van der Waals surface area contributed by atoms with Gasteiger partial charge >= 0.3 is 0 Å². The first-order valence-electron chi connectivity index (χ1n) is 4.63. The van der Waals surface area contributed by atoms with Gasteiger partial charge < -0.3 is 0 Å². The van der Waals surface area contributed by atoms with E-state index in [1.165, 1.54) is 5.56 Å². The summed E-state index contributed by atoms with van der Waals surface area (Å²) in [5.74, 6) is 0.934. The molecule has 0 N–H and O–H groups in total. The molecule has 0 aliphatic carbocycles. The first-order valence-corrected chi connectivity index (χ1v) is 6.34. The molecule has 0 aliphatic rings. The molecule has 0 aromatic heterocycles. The van der Waals surface area contributed by atoms with Crippen LogP contribution in [0, 0.1) is 0 Å². The molecule has 0 nitrogen and oxygen atoms in total. The summed E-state index contributed by atoms with van der Waals surface area (Å²) in [6.45, 7) is 4.33. The van der Waals surface area contributed by atoms with Crippen molar-refractivity contribution in [3.05, 3.63) is 32.8 Å². The molecule has 3 heteroatoms. The minimum atomic E-state index is 0.460. The third-order valence-corrected chi connectivity index (χ3v) is 3.63. The van der Waals surface area contributed by atoms with Crippen molar-refractivity contribution >= 4 is 39.1 Å². The van der Waals surface area contributed by atoms with Crippen LogP contribution >= 0.6 is 39.1 Å². The Morgan fingerprint density at radius 1 is 1.43 bits per heavy atom. The highest BCUT2D eigenvalue weighted by Gasteiger charge is 2.12. The van der Waals surface area contributed by atoms with Gasteiger partial charge in [-0.2, -0.15) is 0 Å². The van der Waals surface area contributed by atoms with E-state index in [2.05, 4.69) is 35.8 Å². The summed E-state index contributed by atoms with van der Waals surface area (Å²) in [6, 6.07) is 4.05. The van der Waals surface area contributed by atoms with Gasteiger partial charge in [-0.15, -0.1) is 11.6 Å². The van der Waals surface area contributed by atoms with E-state index in [1.54, 1.807) is 0 Å². The molecule has 0 saturated carbocycles. The quantitative estimate of drug-likeness (QED) is 0.659. The van der Waals surface area contributed by atoms with Crippen molar-refractivity contribution in [2.75, 3.05) is 0 Å². The Balaban J connectivity index is 3.21. The fourth-order valence-corrected chi connectivity index (χ4v) is 2.51. The summed E-state index contributed by atoms with van der Waals surface area (Å²) in [4.78, 5) is 0. The number of hydrogen-bond donors (Lipinski definition) is 0. The average Bonchev–Trinajstić information content (AvgIpc) is 2.19. The smallest absolute Gasteiger partial charge is 0.0489 e. The van der Waals surface area contributed by atoms with Crippen LogP contribution in [0.25, 0.3) is 0 Å². The number of hydrogen-bond acceptors (Lipinski definition) is 0. The molecule has 78 valence electrons. The van der Waals surface area contributed by atoms with Crippen molar-refractivity contribution in [3.8, 4) is 0 Å². The summed E-state index contributed by atoms with van der Waals surface area (Å²) >= 11 is 15.5. The maximum Gasteiger partial charge on any atom is 0.0489 e. The lowest BCUT2D eigenvalue weighted by Gasteiger charge is -2.14. The first-order chi connectivity index (χ1) is 6.60. The van der Waals surface area contributed by atoms with Crippen molar-refractivity contribution in [2.45, 2.75) is 32.1 Å². The molecule has 1 aromatic rings. The van der Waals surface area contributed by atoms with Crippen LogP contribution in [0.4, 0.5) is 0 Å². The van der Waals surface area contributed by atoms with E-state index >= 15 is 0 Å². The minimum Gasteiger partial charge on any atom is -0.121 e. The molecule has 0 saturated heterocycles. The molecule has 1 unspecified atom stereocenters. The summed E-state index contributed by atoms with van der Waals surface area (Å²) in [6.07, 6.45) is 1.08. The maximum atomic E-state index is 6.25. The van der Waals surface area contributed by atoms with Crippen molar-refractivity contribution in [2.24, 2.45) is 0 Å². The molecule has 0 amide bonds. The largest absolute Gasteiger partial charge is 0.121 e. The zero-order chi connectivity index (χ0) is 10.7. The predicted octanol–water partition coefficient (Wildman–Crippen LogP) is 5.35. The maximum absolute atomic E-state index is 6.25. The molecule has 0 radical (unpaired) electrons. The summed E-state index contributed by atoms with van der Waals surface area (Å²) in [7, 11) is 0. The molecule has 1 atom stereocenters. The Kier molecular flexibility index (Phi) is 4.75. The van der Waals surface area contributed by atoms with Gasteiger partial charge in [-0.25, -0.2) is 0 Å². The van der Waals surface area contributed by atoms with Gasteiger partial charge in [0.05, 0.1) is 0 Å². The van der Waals surface area contributed by atoms with Crippen molar-refractivity contribution in [1.82, 2.24) is 0 Å². The third-order valence-electron chi connectivity index (χ3n) is 2.43. The van der Waals surface area contributed by atoms with Crippen LogP contribution < -0.4 is 0 Å². The molecule has 14 heavy (non-hydrogen) atoms. The Bertz CT molecular complexity index is 323. The number of benzene rings is 1. The van der Waals surface area contributed by atoms with Crippen LogP contribution in [0.3, 0.4) is 0 Å². The topological polar surface area (TPSA) is 0 Å². The second-order valence-electron chi connectivity index (χ2n) is 3.41. The lowest BCUT2D eigenvalue weighted by molar-refractivity contribution is 0.732. The van der Waals surface area contributed by atoms with Crippen molar-refractivity contribution in [1.29, 1.82) is 0 Å². The van der Waals surface area contributed by atoms with Gasteiger partial charge in [0.25, 0.3) is 0 Å². The molecule has 0 aliphatic heterocycles. The standard InChI is InChI=1S/C11H13BrCl2/c1-3-7(2)10-5-9(12)4-8(6-13)11(10)14/h4-5,7H,3,6H2,1-2H3. The van der Waals surface area contributed by atoms with Crippen molar-refractivity contribution < 1.29 is 0 Å². The monoisotopic (exact) mass is 294 g/mol. The van der Waals surface area contributed by atoms with Gasteiger partial charge in [-0.05, 0) is 35.6 Å². The van der Waals surface area contributed by atoms with Gasteiger partial charge in [0.1, 0.15) is 0 Å². The van der Waals surface area contributed by atoms with E-state index < -0.39 is 0 Å². The van der Waals surface area contributed by atoms with E-state index in [1.807, 2.05) is 6.07 Å². The predicted molar refractivity (Wildman–Crippen MR) is 67.4 cm³/mol. The Morgan fingerprint density at radius 2 is 2.07 bits per heavy atom. The highest BCUT2D eigenvalue weighted by atomic mass is 79.9. The van der Waals surface area contributed by atoms with Crippen molar-refractivity contribution in [3.63, 3.8) is 0 Å². The molecule has 0 bridgehead atoms. The van der Waals surface area contributed by atoms with Crippen LogP contribution in [-0.4, -0.2) is 0 Å². The van der Waals surface area contributed by atoms with E-state index in [9.17, 15) is 0 Å². The zero-order valence-corrected chi connectivity index (χ0v) is 11.4. The van der Waals surface area contributed by atoms with E-state index in [4.69, 9.17) is 23.2 Å². The second kappa shape index (κ2) is 5.39. The number of halogens is 3. The van der Waals surface area contributed by atoms with Gasteiger partial charge in [0, 0.05) is 15.4 Å². The van der Waals surface area contributed by atoms with Crippen LogP contribution in [-0.2, 0) is 5.88 Å². The van der Waals surface area contributed by atoms with Gasteiger partial charge in [0.15, 0.2) is 0 Å². The lowest BCUT2D eigenvalue weighted by Crippen LogP contribution is -1.95. The fraction of sp³-hybridized carbons (Fsp3) is 0.455. The SMILES string of the molecule is CCC(C)c1cc(Br)cc(CCl)c1Cl. The van der Waals surface area contributed by atoms with Crippen LogP contribution in [0.5, 0.6) is 0 Å². The summed E-state index contributed by atoms with van der Waals surface area (Å²) in [5, 5.41) is 0.817. The molecule has 0 spiro atoms. The van der Waals surface area contributed by atoms with E-state index in [0.29, 0.717) is 11.8 Å². The van der Waals surface area contributed by atoms with Crippen LogP contribution in [0.1, 0.15) is 37.3 Å². The average molecular weight is 296 g/mol.